The van der Waals surface area contributed by atoms with Gasteiger partial charge in [-0.25, -0.2) is 22.6 Å². The molecule has 1 aliphatic rings. The number of amides is 3. The van der Waals surface area contributed by atoms with Crippen LogP contribution in [0.15, 0.2) is 83.8 Å². The molecule has 0 unspecified atom stereocenters. The summed E-state index contributed by atoms with van der Waals surface area (Å²) in [6.45, 7) is 7.61. The number of aromatic carboxylic acids is 1. The van der Waals surface area contributed by atoms with E-state index < -0.39 is 27.8 Å². The molecular formula is C41H42ClN5O7S. The topological polar surface area (TPSA) is 159 Å². The first-order valence-corrected chi connectivity index (χ1v) is 20.1. The Labute approximate surface area is 324 Å². The van der Waals surface area contributed by atoms with Gasteiger partial charge in [0, 0.05) is 31.7 Å². The summed E-state index contributed by atoms with van der Waals surface area (Å²) in [5, 5.41) is 15.2. The molecule has 6 rings (SSSR count). The standard InChI is InChI=1S/C41H42ClN5O7S/c1-4-6-19-45(20-7-5-2)40(50)37-36(42)26(3)47(43-37)35-17-15-29(24-34(35)39(49)46-21-18-27-10-8-9-11-31(27)25-46)38(48)44-55(53,54)33-16-14-28-12-13-30(41(51)52)22-32(28)23-33/h8-17,22-24H,4-7,18-21,25H2,1-3H3,(H,44,48)(H,51,52). The number of rotatable bonds is 13. The summed E-state index contributed by atoms with van der Waals surface area (Å²) < 4.78 is 30.5. The van der Waals surface area contributed by atoms with Gasteiger partial charge in [-0.1, -0.05) is 74.7 Å². The molecule has 0 atom stereocenters. The van der Waals surface area contributed by atoms with Crippen molar-refractivity contribution < 1.29 is 32.7 Å². The average Bonchev–Trinajstić information content (AvgIpc) is 3.48. The first-order chi connectivity index (χ1) is 26.3. The number of halogens is 1. The summed E-state index contributed by atoms with van der Waals surface area (Å²) in [5.74, 6) is -2.89. The molecule has 3 amide bonds. The summed E-state index contributed by atoms with van der Waals surface area (Å²) in [4.78, 5) is 56.6. The molecule has 0 fully saturated rings. The van der Waals surface area contributed by atoms with Crippen LogP contribution in [-0.2, 0) is 23.0 Å². The summed E-state index contributed by atoms with van der Waals surface area (Å²) in [6, 6.07) is 20.5. The molecule has 1 aliphatic heterocycles. The van der Waals surface area contributed by atoms with E-state index in [0.29, 0.717) is 49.1 Å². The van der Waals surface area contributed by atoms with Gasteiger partial charge in [0.05, 0.1) is 32.4 Å². The molecule has 2 N–H and O–H groups in total. The fourth-order valence-corrected chi connectivity index (χ4v) is 7.86. The Morgan fingerprint density at radius 3 is 2.24 bits per heavy atom. The molecule has 0 spiro atoms. The summed E-state index contributed by atoms with van der Waals surface area (Å²) in [6.07, 6.45) is 4.06. The van der Waals surface area contributed by atoms with E-state index in [2.05, 4.69) is 23.7 Å². The number of aromatic nitrogens is 2. The van der Waals surface area contributed by atoms with Gasteiger partial charge in [0.1, 0.15) is 0 Å². The Bertz CT molecular complexity index is 2420. The maximum atomic E-state index is 14.5. The second kappa shape index (κ2) is 16.5. The third-order valence-electron chi connectivity index (χ3n) is 9.83. The molecule has 5 aromatic rings. The first kappa shape index (κ1) is 39.2. The zero-order chi connectivity index (χ0) is 39.4. The van der Waals surface area contributed by atoms with Crippen molar-refractivity contribution in [1.82, 2.24) is 24.3 Å². The lowest BCUT2D eigenvalue weighted by atomic mass is 9.98. The lowest BCUT2D eigenvalue weighted by Crippen LogP contribution is -2.37. The minimum Gasteiger partial charge on any atom is -0.478 e. The number of carboxylic acids is 1. The fourth-order valence-electron chi connectivity index (χ4n) is 6.65. The molecule has 14 heteroatoms. The van der Waals surface area contributed by atoms with Gasteiger partial charge in [-0.2, -0.15) is 5.10 Å². The van der Waals surface area contributed by atoms with Gasteiger partial charge < -0.3 is 14.9 Å². The first-order valence-electron chi connectivity index (χ1n) is 18.2. The molecule has 0 bridgehead atoms. The van der Waals surface area contributed by atoms with Crippen molar-refractivity contribution in [2.75, 3.05) is 19.6 Å². The predicted molar refractivity (Wildman–Crippen MR) is 209 cm³/mol. The third-order valence-corrected chi connectivity index (χ3v) is 11.6. The second-order valence-electron chi connectivity index (χ2n) is 13.6. The van der Waals surface area contributed by atoms with Gasteiger partial charge in [0.25, 0.3) is 27.7 Å². The number of nitrogens with one attached hydrogen (secondary N) is 1. The zero-order valence-electron chi connectivity index (χ0n) is 30.8. The molecule has 1 aromatic heterocycles. The van der Waals surface area contributed by atoms with Crippen LogP contribution in [0.3, 0.4) is 0 Å². The SMILES string of the molecule is CCCCN(CCCC)C(=O)c1nn(-c2ccc(C(=O)NS(=O)(=O)c3ccc4ccc(C(=O)O)cc4c3)cc2C(=O)N2CCc3ccccc3C2)c(C)c1Cl. The Morgan fingerprint density at radius 2 is 1.55 bits per heavy atom. The van der Waals surface area contributed by atoms with Crippen LogP contribution >= 0.6 is 11.6 Å². The van der Waals surface area contributed by atoms with Crippen molar-refractivity contribution in [2.45, 2.75) is 64.3 Å². The minimum atomic E-state index is -4.44. The Hall–Kier alpha value is -5.53. The van der Waals surface area contributed by atoms with E-state index in [1.807, 2.05) is 24.3 Å². The zero-order valence-corrected chi connectivity index (χ0v) is 32.4. The van der Waals surface area contributed by atoms with Crippen molar-refractivity contribution in [2.24, 2.45) is 0 Å². The van der Waals surface area contributed by atoms with Crippen LogP contribution in [0.5, 0.6) is 0 Å². The van der Waals surface area contributed by atoms with Crippen molar-refractivity contribution >= 4 is 56.1 Å². The maximum Gasteiger partial charge on any atom is 0.335 e. The molecule has 0 aliphatic carbocycles. The molecule has 2 heterocycles. The predicted octanol–water partition coefficient (Wildman–Crippen LogP) is 7.05. The van der Waals surface area contributed by atoms with Crippen LogP contribution in [0, 0.1) is 6.92 Å². The van der Waals surface area contributed by atoms with Crippen LogP contribution in [0.25, 0.3) is 16.5 Å². The Morgan fingerprint density at radius 1 is 0.873 bits per heavy atom. The number of carbonyl (C=O) groups excluding carboxylic acids is 3. The van der Waals surface area contributed by atoms with Gasteiger partial charge in [-0.05, 0) is 90.6 Å². The number of unbranched alkanes of at least 4 members (excludes halogenated alkanes) is 2. The number of sulfonamides is 1. The average molecular weight is 784 g/mol. The summed E-state index contributed by atoms with van der Waals surface area (Å²) in [7, 11) is -4.44. The largest absolute Gasteiger partial charge is 0.478 e. The number of hydrogen-bond acceptors (Lipinski definition) is 7. The lowest BCUT2D eigenvalue weighted by Gasteiger charge is -2.29. The van der Waals surface area contributed by atoms with Crippen LogP contribution in [0.4, 0.5) is 0 Å². The van der Waals surface area contributed by atoms with Crippen molar-refractivity contribution in [3.8, 4) is 5.69 Å². The van der Waals surface area contributed by atoms with E-state index in [9.17, 15) is 32.7 Å². The molecule has 4 aromatic carbocycles. The summed E-state index contributed by atoms with van der Waals surface area (Å²) >= 11 is 6.79. The van der Waals surface area contributed by atoms with Crippen LogP contribution < -0.4 is 4.72 Å². The van der Waals surface area contributed by atoms with Crippen LogP contribution in [0.2, 0.25) is 5.02 Å². The molecule has 0 saturated carbocycles. The second-order valence-corrected chi connectivity index (χ2v) is 15.7. The lowest BCUT2D eigenvalue weighted by molar-refractivity contribution is 0.0693. The number of nitrogens with zero attached hydrogens (tertiary/aromatic N) is 4. The van der Waals surface area contributed by atoms with Gasteiger partial charge in [-0.3, -0.25) is 14.4 Å². The summed E-state index contributed by atoms with van der Waals surface area (Å²) in [5.41, 5.74) is 2.78. The highest BCUT2D eigenvalue weighted by Gasteiger charge is 2.30. The number of hydrogen-bond donors (Lipinski definition) is 2. The molecule has 55 heavy (non-hydrogen) atoms. The van der Waals surface area contributed by atoms with Gasteiger partial charge in [-0.15, -0.1) is 0 Å². The third kappa shape index (κ3) is 8.27. The normalized spacial score (nSPS) is 12.7. The van der Waals surface area contributed by atoms with Gasteiger partial charge in [0.15, 0.2) is 5.69 Å². The number of benzene rings is 4. The van der Waals surface area contributed by atoms with E-state index in [1.54, 1.807) is 22.8 Å². The van der Waals surface area contributed by atoms with Crippen LogP contribution in [0.1, 0.15) is 97.9 Å². The van der Waals surface area contributed by atoms with Gasteiger partial charge >= 0.3 is 5.97 Å². The molecule has 12 nitrogen and oxygen atoms in total. The van der Waals surface area contributed by atoms with E-state index in [4.69, 9.17) is 11.6 Å². The molecule has 0 saturated heterocycles. The highest BCUT2D eigenvalue weighted by atomic mass is 35.5. The highest BCUT2D eigenvalue weighted by Crippen LogP contribution is 2.29. The fraction of sp³-hybridized carbons (Fsp3) is 0.293. The number of carboxylic acid groups (broad SMARTS) is 1. The van der Waals surface area contributed by atoms with Crippen molar-refractivity contribution in [3.63, 3.8) is 0 Å². The van der Waals surface area contributed by atoms with Crippen molar-refractivity contribution in [1.29, 1.82) is 0 Å². The molecular weight excluding hydrogens is 742 g/mol. The van der Waals surface area contributed by atoms with Crippen LogP contribution in [-0.4, -0.2) is 76.4 Å². The number of fused-ring (bicyclic) bond motifs is 2. The monoisotopic (exact) mass is 783 g/mol. The van der Waals surface area contributed by atoms with Crippen molar-refractivity contribution in [3.05, 3.63) is 123 Å². The van der Waals surface area contributed by atoms with E-state index in [0.717, 1.165) is 36.8 Å². The quantitative estimate of drug-likeness (QED) is 0.129. The van der Waals surface area contributed by atoms with E-state index in [-0.39, 0.29) is 43.9 Å². The Balaban J connectivity index is 1.38. The molecule has 286 valence electrons. The highest BCUT2D eigenvalue weighted by molar-refractivity contribution is 7.90. The Kier molecular flexibility index (Phi) is 11.7. The molecule has 0 radical (unpaired) electrons. The minimum absolute atomic E-state index is 0.0175. The van der Waals surface area contributed by atoms with E-state index in [1.165, 1.54) is 53.2 Å². The van der Waals surface area contributed by atoms with E-state index >= 15 is 0 Å². The maximum absolute atomic E-state index is 14.5. The van der Waals surface area contributed by atoms with Gasteiger partial charge in [0.2, 0.25) is 0 Å². The smallest absolute Gasteiger partial charge is 0.335 e. The number of carbonyl (C=O) groups is 4.